The summed E-state index contributed by atoms with van der Waals surface area (Å²) in [7, 11) is 0. The van der Waals surface area contributed by atoms with Gasteiger partial charge >= 0.3 is 0 Å². The van der Waals surface area contributed by atoms with Crippen molar-refractivity contribution in [3.05, 3.63) is 84.1 Å². The Bertz CT molecular complexity index is 1180. The summed E-state index contributed by atoms with van der Waals surface area (Å²) in [5.41, 5.74) is 2.28. The standard InChI is InChI=1S/C24H21N3O2/c28-23(20-10-5-8-17-6-1-3-9-19(17)20)26-12-14-27(15-13-26)24(29)22-16-18-7-2-4-11-21(18)25-22/h1-11,16,25H,12-15H2. The topological polar surface area (TPSA) is 56.4 Å². The minimum Gasteiger partial charge on any atom is -0.351 e. The summed E-state index contributed by atoms with van der Waals surface area (Å²) in [6.07, 6.45) is 0. The maximum atomic E-state index is 13.1. The van der Waals surface area contributed by atoms with E-state index in [4.69, 9.17) is 0 Å². The lowest BCUT2D eigenvalue weighted by Crippen LogP contribution is -2.50. The Kier molecular flexibility index (Phi) is 4.28. The number of aromatic amines is 1. The molecule has 0 spiro atoms. The second-order valence-corrected chi connectivity index (χ2v) is 7.38. The van der Waals surface area contributed by atoms with Gasteiger partial charge in [0.25, 0.3) is 11.8 Å². The van der Waals surface area contributed by atoms with Crippen LogP contribution in [0.1, 0.15) is 20.8 Å². The molecule has 1 N–H and O–H groups in total. The molecule has 1 aliphatic heterocycles. The van der Waals surface area contributed by atoms with Crippen molar-refractivity contribution in [1.82, 2.24) is 14.8 Å². The second kappa shape index (κ2) is 7.09. The largest absolute Gasteiger partial charge is 0.351 e. The lowest BCUT2D eigenvalue weighted by molar-refractivity contribution is 0.0534. The summed E-state index contributed by atoms with van der Waals surface area (Å²) in [5, 5.41) is 3.06. The van der Waals surface area contributed by atoms with Crippen LogP contribution in [0, 0.1) is 0 Å². The van der Waals surface area contributed by atoms with Crippen molar-refractivity contribution in [1.29, 1.82) is 0 Å². The van der Waals surface area contributed by atoms with E-state index in [0.717, 1.165) is 27.2 Å². The molecule has 5 heteroatoms. The molecule has 1 fully saturated rings. The molecule has 1 aromatic heterocycles. The summed E-state index contributed by atoms with van der Waals surface area (Å²) in [6, 6.07) is 23.5. The lowest BCUT2D eigenvalue weighted by atomic mass is 10.0. The van der Waals surface area contributed by atoms with Gasteiger partial charge in [-0.05, 0) is 29.0 Å². The van der Waals surface area contributed by atoms with Gasteiger partial charge in [0.05, 0.1) is 0 Å². The number of amides is 2. The maximum Gasteiger partial charge on any atom is 0.270 e. The fourth-order valence-electron chi connectivity index (χ4n) is 4.05. The number of nitrogens with one attached hydrogen (secondary N) is 1. The molecule has 1 saturated heterocycles. The van der Waals surface area contributed by atoms with Crippen LogP contribution in [0.25, 0.3) is 21.7 Å². The number of benzene rings is 3. The summed E-state index contributed by atoms with van der Waals surface area (Å²) in [5.74, 6) is 0.0120. The number of piperazine rings is 1. The van der Waals surface area contributed by atoms with Crippen molar-refractivity contribution in [2.75, 3.05) is 26.2 Å². The highest BCUT2D eigenvalue weighted by Gasteiger charge is 2.26. The number of rotatable bonds is 2. The minimum absolute atomic E-state index is 0.0153. The summed E-state index contributed by atoms with van der Waals surface area (Å²) < 4.78 is 0. The van der Waals surface area contributed by atoms with E-state index in [1.54, 1.807) is 0 Å². The molecule has 0 unspecified atom stereocenters. The Labute approximate surface area is 168 Å². The number of H-pyrrole nitrogens is 1. The molecule has 0 atom stereocenters. The predicted octanol–water partition coefficient (Wildman–Crippen LogP) is 3.92. The number of carbonyl (C=O) groups excluding carboxylic acids is 2. The van der Waals surface area contributed by atoms with Gasteiger partial charge in [0.15, 0.2) is 0 Å². The summed E-state index contributed by atoms with van der Waals surface area (Å²) in [6.45, 7) is 2.14. The number of aromatic nitrogens is 1. The van der Waals surface area contributed by atoms with Crippen molar-refractivity contribution in [2.45, 2.75) is 0 Å². The first-order chi connectivity index (χ1) is 14.2. The van der Waals surface area contributed by atoms with E-state index >= 15 is 0 Å². The zero-order chi connectivity index (χ0) is 19.8. The van der Waals surface area contributed by atoms with Gasteiger partial charge in [0, 0.05) is 42.6 Å². The molecule has 144 valence electrons. The van der Waals surface area contributed by atoms with Crippen LogP contribution in [0.2, 0.25) is 0 Å². The fraction of sp³-hybridized carbons (Fsp3) is 0.167. The van der Waals surface area contributed by atoms with Crippen LogP contribution in [0.5, 0.6) is 0 Å². The van der Waals surface area contributed by atoms with E-state index < -0.39 is 0 Å². The maximum absolute atomic E-state index is 13.1. The average Bonchev–Trinajstić information content (AvgIpc) is 3.22. The smallest absolute Gasteiger partial charge is 0.270 e. The third-order valence-corrected chi connectivity index (χ3v) is 5.63. The number of carbonyl (C=O) groups is 2. The molecule has 0 aliphatic carbocycles. The molecule has 5 nitrogen and oxygen atoms in total. The zero-order valence-electron chi connectivity index (χ0n) is 16.0. The highest BCUT2D eigenvalue weighted by Crippen LogP contribution is 2.21. The van der Waals surface area contributed by atoms with Crippen molar-refractivity contribution >= 4 is 33.5 Å². The Morgan fingerprint density at radius 3 is 2.07 bits per heavy atom. The second-order valence-electron chi connectivity index (χ2n) is 7.38. The van der Waals surface area contributed by atoms with Crippen LogP contribution >= 0.6 is 0 Å². The first-order valence-electron chi connectivity index (χ1n) is 9.85. The summed E-state index contributed by atoms with van der Waals surface area (Å²) >= 11 is 0. The minimum atomic E-state index is -0.0153. The number of hydrogen-bond acceptors (Lipinski definition) is 2. The number of fused-ring (bicyclic) bond motifs is 2. The zero-order valence-corrected chi connectivity index (χ0v) is 16.0. The molecule has 0 bridgehead atoms. The van der Waals surface area contributed by atoms with Crippen LogP contribution in [-0.2, 0) is 0 Å². The SMILES string of the molecule is O=C(c1cc2ccccc2[nH]1)N1CCN(C(=O)c2cccc3ccccc23)CC1. The van der Waals surface area contributed by atoms with Gasteiger partial charge in [-0.15, -0.1) is 0 Å². The first-order valence-corrected chi connectivity index (χ1v) is 9.85. The van der Waals surface area contributed by atoms with Crippen molar-refractivity contribution in [3.63, 3.8) is 0 Å². The van der Waals surface area contributed by atoms with Crippen molar-refractivity contribution in [3.8, 4) is 0 Å². The van der Waals surface area contributed by atoms with Gasteiger partial charge in [-0.3, -0.25) is 9.59 Å². The van der Waals surface area contributed by atoms with Gasteiger partial charge in [-0.1, -0.05) is 54.6 Å². The van der Waals surface area contributed by atoms with Crippen LogP contribution in [0.4, 0.5) is 0 Å². The third kappa shape index (κ3) is 3.14. The normalized spacial score (nSPS) is 14.5. The molecule has 4 aromatic rings. The van der Waals surface area contributed by atoms with Gasteiger partial charge in [0.2, 0.25) is 0 Å². The Hall–Kier alpha value is -3.60. The number of para-hydroxylation sites is 1. The molecular weight excluding hydrogens is 362 g/mol. The van der Waals surface area contributed by atoms with E-state index in [-0.39, 0.29) is 11.8 Å². The van der Waals surface area contributed by atoms with E-state index in [2.05, 4.69) is 4.98 Å². The average molecular weight is 383 g/mol. The molecule has 1 aliphatic rings. The molecule has 29 heavy (non-hydrogen) atoms. The Balaban J connectivity index is 1.31. The third-order valence-electron chi connectivity index (χ3n) is 5.63. The molecule has 5 rings (SSSR count). The first kappa shape index (κ1) is 17.5. The van der Waals surface area contributed by atoms with E-state index in [1.165, 1.54) is 0 Å². The lowest BCUT2D eigenvalue weighted by Gasteiger charge is -2.34. The highest BCUT2D eigenvalue weighted by atomic mass is 16.2. The number of nitrogens with zero attached hydrogens (tertiary/aromatic N) is 2. The molecular formula is C24H21N3O2. The quantitative estimate of drug-likeness (QED) is 0.570. The van der Waals surface area contributed by atoms with Crippen molar-refractivity contribution in [2.24, 2.45) is 0 Å². The Morgan fingerprint density at radius 1 is 0.690 bits per heavy atom. The predicted molar refractivity (Wildman–Crippen MR) is 114 cm³/mol. The monoisotopic (exact) mass is 383 g/mol. The van der Waals surface area contributed by atoms with Crippen LogP contribution < -0.4 is 0 Å². The molecule has 2 amide bonds. The van der Waals surface area contributed by atoms with Gasteiger partial charge in [0.1, 0.15) is 5.69 Å². The van der Waals surface area contributed by atoms with Crippen LogP contribution in [0.3, 0.4) is 0 Å². The molecule has 2 heterocycles. The molecule has 3 aromatic carbocycles. The molecule has 0 saturated carbocycles. The van der Waals surface area contributed by atoms with Gasteiger partial charge < -0.3 is 14.8 Å². The van der Waals surface area contributed by atoms with E-state index in [1.807, 2.05) is 82.6 Å². The van der Waals surface area contributed by atoms with Gasteiger partial charge in [-0.2, -0.15) is 0 Å². The molecule has 0 radical (unpaired) electrons. The fourth-order valence-corrected chi connectivity index (χ4v) is 4.05. The number of hydrogen-bond donors (Lipinski definition) is 1. The Morgan fingerprint density at radius 2 is 1.31 bits per heavy atom. The van der Waals surface area contributed by atoms with Gasteiger partial charge in [-0.25, -0.2) is 0 Å². The van der Waals surface area contributed by atoms with E-state index in [9.17, 15) is 9.59 Å². The summed E-state index contributed by atoms with van der Waals surface area (Å²) in [4.78, 5) is 32.8. The van der Waals surface area contributed by atoms with Crippen molar-refractivity contribution < 1.29 is 9.59 Å². The van der Waals surface area contributed by atoms with E-state index in [0.29, 0.717) is 31.9 Å². The van der Waals surface area contributed by atoms with Crippen LogP contribution in [0.15, 0.2) is 72.8 Å². The van der Waals surface area contributed by atoms with Crippen LogP contribution in [-0.4, -0.2) is 52.8 Å². The highest BCUT2D eigenvalue weighted by molar-refractivity contribution is 6.07.